The highest BCUT2D eigenvalue weighted by atomic mass is 16.5. The molecule has 1 aliphatic rings. The van der Waals surface area contributed by atoms with Gasteiger partial charge in [-0.15, -0.1) is 0 Å². The second kappa shape index (κ2) is 6.00. The van der Waals surface area contributed by atoms with E-state index in [1.807, 2.05) is 0 Å². The maximum Gasteiger partial charge on any atom is 0.338 e. The quantitative estimate of drug-likeness (QED) is 0.415. The summed E-state index contributed by atoms with van der Waals surface area (Å²) in [5.41, 5.74) is 0.739. The summed E-state index contributed by atoms with van der Waals surface area (Å²) in [5.74, 6) is -1.88. The minimum absolute atomic E-state index is 0.00167. The molecular weight excluding hydrogens is 240 g/mol. The highest BCUT2D eigenvalue weighted by Crippen LogP contribution is 2.23. The largest absolute Gasteiger partial charge is 0.466 e. The van der Waals surface area contributed by atoms with Crippen LogP contribution in [0.5, 0.6) is 0 Å². The summed E-state index contributed by atoms with van der Waals surface area (Å²) >= 11 is 0. The molecule has 0 aromatic carbocycles. The van der Waals surface area contributed by atoms with Crippen LogP contribution in [0, 0.1) is 0 Å². The van der Waals surface area contributed by atoms with Gasteiger partial charge in [-0.25, -0.2) is 14.4 Å². The first-order valence-corrected chi connectivity index (χ1v) is 5.26. The molecule has 98 valence electrons. The first-order chi connectivity index (χ1) is 8.51. The van der Waals surface area contributed by atoms with Gasteiger partial charge in [0.1, 0.15) is 0 Å². The molecule has 1 aliphatic heterocycles. The van der Waals surface area contributed by atoms with E-state index < -0.39 is 17.9 Å². The third-order valence-corrected chi connectivity index (χ3v) is 2.56. The Labute approximate surface area is 104 Å². The number of methoxy groups -OCH3 is 2. The normalized spacial score (nSPS) is 18.2. The van der Waals surface area contributed by atoms with Crippen LogP contribution in [0.4, 0.5) is 0 Å². The molecule has 6 nitrogen and oxygen atoms in total. The van der Waals surface area contributed by atoms with E-state index in [0.29, 0.717) is 17.6 Å². The third kappa shape index (κ3) is 2.97. The third-order valence-electron chi connectivity index (χ3n) is 2.56. The Kier molecular flexibility index (Phi) is 4.65. The summed E-state index contributed by atoms with van der Waals surface area (Å²) in [7, 11) is 2.39. The standard InChI is InChI=1S/C12H14O6/c1-7(8-4-5-18-12(8)15)9(11(14)17-3)6-10(13)16-2/h6H,4-5H2,1-3H3/b8-7+,9-6+. The molecule has 0 aliphatic carbocycles. The fourth-order valence-electron chi connectivity index (χ4n) is 1.55. The summed E-state index contributed by atoms with van der Waals surface area (Å²) < 4.78 is 13.8. The van der Waals surface area contributed by atoms with E-state index in [0.717, 1.165) is 6.08 Å². The number of carbonyl (C=O) groups is 3. The van der Waals surface area contributed by atoms with E-state index in [1.54, 1.807) is 6.92 Å². The van der Waals surface area contributed by atoms with Crippen LogP contribution < -0.4 is 0 Å². The topological polar surface area (TPSA) is 78.9 Å². The predicted octanol–water partition coefficient (Wildman–Crippen LogP) is 0.522. The molecular formula is C12H14O6. The van der Waals surface area contributed by atoms with Gasteiger partial charge < -0.3 is 14.2 Å². The molecule has 1 saturated heterocycles. The maximum atomic E-state index is 11.6. The van der Waals surface area contributed by atoms with Gasteiger partial charge in [0.05, 0.1) is 26.4 Å². The molecule has 0 amide bonds. The second-order valence-electron chi connectivity index (χ2n) is 3.56. The molecule has 0 N–H and O–H groups in total. The fourth-order valence-corrected chi connectivity index (χ4v) is 1.55. The van der Waals surface area contributed by atoms with Crippen molar-refractivity contribution < 1.29 is 28.6 Å². The average Bonchev–Trinajstić information content (AvgIpc) is 2.80. The minimum Gasteiger partial charge on any atom is -0.466 e. The predicted molar refractivity (Wildman–Crippen MR) is 60.4 cm³/mol. The summed E-state index contributed by atoms with van der Waals surface area (Å²) in [6.07, 6.45) is 1.40. The number of hydrogen-bond donors (Lipinski definition) is 0. The van der Waals surface area contributed by atoms with Gasteiger partial charge >= 0.3 is 17.9 Å². The Balaban J connectivity index is 3.19. The van der Waals surface area contributed by atoms with Crippen molar-refractivity contribution in [1.29, 1.82) is 0 Å². The lowest BCUT2D eigenvalue weighted by Gasteiger charge is -2.07. The van der Waals surface area contributed by atoms with Crippen molar-refractivity contribution in [3.05, 3.63) is 22.8 Å². The van der Waals surface area contributed by atoms with Gasteiger partial charge in [-0.2, -0.15) is 0 Å². The van der Waals surface area contributed by atoms with Gasteiger partial charge in [-0.1, -0.05) is 0 Å². The van der Waals surface area contributed by atoms with Crippen LogP contribution in [0.2, 0.25) is 0 Å². The summed E-state index contributed by atoms with van der Waals surface area (Å²) in [5, 5.41) is 0. The fraction of sp³-hybridized carbons (Fsp3) is 0.417. The zero-order valence-electron chi connectivity index (χ0n) is 10.4. The van der Waals surface area contributed by atoms with Gasteiger partial charge in [0.15, 0.2) is 0 Å². The van der Waals surface area contributed by atoms with Gasteiger partial charge in [0.2, 0.25) is 0 Å². The van der Waals surface area contributed by atoms with E-state index in [9.17, 15) is 14.4 Å². The van der Waals surface area contributed by atoms with Crippen molar-refractivity contribution >= 4 is 17.9 Å². The molecule has 0 unspecified atom stereocenters. The van der Waals surface area contributed by atoms with E-state index in [1.165, 1.54) is 14.2 Å². The van der Waals surface area contributed by atoms with Crippen LogP contribution in [-0.2, 0) is 28.6 Å². The Bertz CT molecular complexity index is 443. The average molecular weight is 254 g/mol. The van der Waals surface area contributed by atoms with E-state index in [2.05, 4.69) is 9.47 Å². The van der Waals surface area contributed by atoms with Crippen LogP contribution in [0.15, 0.2) is 22.8 Å². The van der Waals surface area contributed by atoms with Crippen molar-refractivity contribution in [2.75, 3.05) is 20.8 Å². The van der Waals surface area contributed by atoms with Crippen molar-refractivity contribution in [3.63, 3.8) is 0 Å². The molecule has 0 aromatic rings. The monoisotopic (exact) mass is 254 g/mol. The molecule has 1 fully saturated rings. The summed E-state index contributed by atoms with van der Waals surface area (Å²) in [4.78, 5) is 34.2. The number of ether oxygens (including phenoxy) is 3. The van der Waals surface area contributed by atoms with Crippen molar-refractivity contribution in [1.82, 2.24) is 0 Å². The SMILES string of the molecule is COC(=O)/C=C(C(=O)OC)\C(C)=C1/CCOC1=O. The van der Waals surface area contributed by atoms with E-state index in [4.69, 9.17) is 4.74 Å². The first kappa shape index (κ1) is 14.0. The smallest absolute Gasteiger partial charge is 0.338 e. The summed E-state index contributed by atoms with van der Waals surface area (Å²) in [6.45, 7) is 1.84. The van der Waals surface area contributed by atoms with Gasteiger partial charge in [0.25, 0.3) is 0 Å². The van der Waals surface area contributed by atoms with Crippen LogP contribution in [0.25, 0.3) is 0 Å². The Morgan fingerprint density at radius 3 is 2.39 bits per heavy atom. The number of esters is 3. The molecule has 0 atom stereocenters. The molecule has 0 saturated carbocycles. The maximum absolute atomic E-state index is 11.6. The van der Waals surface area contributed by atoms with Gasteiger partial charge in [-0.3, -0.25) is 0 Å². The highest BCUT2D eigenvalue weighted by molar-refractivity contribution is 6.03. The van der Waals surface area contributed by atoms with Crippen LogP contribution in [-0.4, -0.2) is 38.7 Å². The van der Waals surface area contributed by atoms with E-state index in [-0.39, 0.29) is 12.2 Å². The molecule has 6 heteroatoms. The lowest BCUT2D eigenvalue weighted by atomic mass is 10.00. The van der Waals surface area contributed by atoms with E-state index >= 15 is 0 Å². The van der Waals surface area contributed by atoms with Crippen LogP contribution in [0.1, 0.15) is 13.3 Å². The number of cyclic esters (lactones) is 1. The number of hydrogen-bond acceptors (Lipinski definition) is 6. The number of carbonyl (C=O) groups excluding carboxylic acids is 3. The summed E-state index contributed by atoms with van der Waals surface area (Å²) in [6, 6.07) is 0. The van der Waals surface area contributed by atoms with Crippen LogP contribution in [0.3, 0.4) is 0 Å². The lowest BCUT2D eigenvalue weighted by Crippen LogP contribution is -2.12. The highest BCUT2D eigenvalue weighted by Gasteiger charge is 2.25. The Hall–Kier alpha value is -2.11. The molecule has 18 heavy (non-hydrogen) atoms. The molecule has 1 heterocycles. The number of rotatable bonds is 3. The lowest BCUT2D eigenvalue weighted by molar-refractivity contribution is -0.138. The first-order valence-electron chi connectivity index (χ1n) is 5.26. The van der Waals surface area contributed by atoms with Crippen molar-refractivity contribution in [3.8, 4) is 0 Å². The molecule has 0 spiro atoms. The van der Waals surface area contributed by atoms with Crippen LogP contribution >= 0.6 is 0 Å². The Morgan fingerprint density at radius 2 is 1.94 bits per heavy atom. The van der Waals surface area contributed by atoms with Gasteiger partial charge in [-0.05, 0) is 12.5 Å². The van der Waals surface area contributed by atoms with Gasteiger partial charge in [0, 0.05) is 18.1 Å². The molecule has 0 radical (unpaired) electrons. The zero-order valence-corrected chi connectivity index (χ0v) is 10.4. The molecule has 0 bridgehead atoms. The molecule has 0 aromatic heterocycles. The Morgan fingerprint density at radius 1 is 1.28 bits per heavy atom. The molecule has 1 rings (SSSR count). The van der Waals surface area contributed by atoms with Crippen molar-refractivity contribution in [2.24, 2.45) is 0 Å². The van der Waals surface area contributed by atoms with Crippen molar-refractivity contribution in [2.45, 2.75) is 13.3 Å². The minimum atomic E-state index is -0.704. The zero-order chi connectivity index (χ0) is 13.7. The second-order valence-corrected chi connectivity index (χ2v) is 3.56.